The number of pyridine rings is 2. The standard InChI is InChI=1S/C28H28F3N9/c1-15(10-29)40-27(31)26(38-39-40)25(20-6-7-22(30)36-16(20)2)37-19-8-17(11-32)23-21(9-19)24(18(12-33)13-34-23)35-14-28(3,4)5/h6-9,13,15,25,37H,10,14H2,1-5H3,(H,34,35)/t15-,25-/m0/s1. The fraction of sp³-hybridized carbons (Fsp3) is 0.357. The van der Waals surface area contributed by atoms with Gasteiger partial charge in [0.25, 0.3) is 0 Å². The highest BCUT2D eigenvalue weighted by Gasteiger charge is 2.28. The minimum Gasteiger partial charge on any atom is -0.383 e. The SMILES string of the molecule is Cc1nc(F)ccc1[C@H](Nc1cc(C#N)c2ncc(C#N)c(NCC(C)(C)C)c2c1)c1nnn([C@@H](C)CF)c1F. The number of hydrogen-bond donors (Lipinski definition) is 2. The molecule has 0 bridgehead atoms. The van der Waals surface area contributed by atoms with Gasteiger partial charge in [0, 0.05) is 35.1 Å². The van der Waals surface area contributed by atoms with Crippen molar-refractivity contribution in [3.8, 4) is 12.1 Å². The Hall–Kier alpha value is -4.71. The summed E-state index contributed by atoms with van der Waals surface area (Å²) in [5.41, 5.74) is 2.16. The zero-order valence-electron chi connectivity index (χ0n) is 22.7. The van der Waals surface area contributed by atoms with E-state index in [1.54, 1.807) is 19.1 Å². The summed E-state index contributed by atoms with van der Waals surface area (Å²) in [5, 5.41) is 34.5. The van der Waals surface area contributed by atoms with Gasteiger partial charge in [-0.25, -0.2) is 14.1 Å². The molecule has 9 nitrogen and oxygen atoms in total. The molecule has 0 saturated carbocycles. The summed E-state index contributed by atoms with van der Waals surface area (Å²) in [6, 6.07) is 8.17. The number of nitriles is 2. The van der Waals surface area contributed by atoms with Crippen LogP contribution in [0.15, 0.2) is 30.5 Å². The first-order valence-corrected chi connectivity index (χ1v) is 12.5. The third kappa shape index (κ3) is 5.66. The highest BCUT2D eigenvalue weighted by molar-refractivity contribution is 5.99. The van der Waals surface area contributed by atoms with Crippen molar-refractivity contribution in [2.24, 2.45) is 5.41 Å². The van der Waals surface area contributed by atoms with Crippen LogP contribution in [0.3, 0.4) is 0 Å². The fourth-order valence-electron chi connectivity index (χ4n) is 4.22. The molecule has 0 spiro atoms. The molecule has 2 N–H and O–H groups in total. The summed E-state index contributed by atoms with van der Waals surface area (Å²) < 4.78 is 43.5. The Morgan fingerprint density at radius 1 is 1.10 bits per heavy atom. The molecule has 40 heavy (non-hydrogen) atoms. The number of aromatic nitrogens is 5. The monoisotopic (exact) mass is 547 g/mol. The summed E-state index contributed by atoms with van der Waals surface area (Å²) in [6.07, 6.45) is 1.41. The van der Waals surface area contributed by atoms with Crippen molar-refractivity contribution in [1.29, 1.82) is 10.5 Å². The normalized spacial score (nSPS) is 12.9. The molecule has 0 fully saturated rings. The van der Waals surface area contributed by atoms with Crippen molar-refractivity contribution in [3.05, 3.63) is 70.4 Å². The van der Waals surface area contributed by atoms with E-state index < -0.39 is 30.7 Å². The molecule has 0 radical (unpaired) electrons. The Labute approximate surface area is 229 Å². The minimum absolute atomic E-state index is 0.117. The maximum Gasteiger partial charge on any atom is 0.237 e. The zero-order chi connectivity index (χ0) is 29.2. The molecule has 0 aliphatic heterocycles. The van der Waals surface area contributed by atoms with Crippen molar-refractivity contribution in [3.63, 3.8) is 0 Å². The lowest BCUT2D eigenvalue weighted by molar-refractivity contribution is 0.314. The maximum atomic E-state index is 15.5. The number of halogens is 3. The molecule has 12 heteroatoms. The van der Waals surface area contributed by atoms with Gasteiger partial charge in [-0.2, -0.15) is 19.3 Å². The van der Waals surface area contributed by atoms with E-state index in [1.807, 2.05) is 20.8 Å². The van der Waals surface area contributed by atoms with Crippen LogP contribution in [0.2, 0.25) is 0 Å². The van der Waals surface area contributed by atoms with E-state index in [0.29, 0.717) is 39.9 Å². The highest BCUT2D eigenvalue weighted by atomic mass is 19.1. The first-order chi connectivity index (χ1) is 19.0. The quantitative estimate of drug-likeness (QED) is 0.267. The first-order valence-electron chi connectivity index (χ1n) is 12.5. The second-order valence-electron chi connectivity index (χ2n) is 10.7. The van der Waals surface area contributed by atoms with E-state index in [0.717, 1.165) is 10.7 Å². The lowest BCUT2D eigenvalue weighted by Crippen LogP contribution is -2.20. The number of nitrogens with one attached hydrogen (secondary N) is 2. The van der Waals surface area contributed by atoms with Gasteiger partial charge in [-0.15, -0.1) is 5.10 Å². The summed E-state index contributed by atoms with van der Waals surface area (Å²) in [5.74, 6) is -1.58. The third-order valence-corrected chi connectivity index (χ3v) is 6.30. The van der Waals surface area contributed by atoms with Crippen LogP contribution in [0.1, 0.15) is 67.9 Å². The Morgan fingerprint density at radius 3 is 2.45 bits per heavy atom. The van der Waals surface area contributed by atoms with Crippen LogP contribution in [0.4, 0.5) is 24.5 Å². The molecule has 206 valence electrons. The lowest BCUT2D eigenvalue weighted by atomic mass is 9.96. The van der Waals surface area contributed by atoms with Crippen LogP contribution < -0.4 is 10.6 Å². The molecule has 4 aromatic rings. The molecule has 3 aromatic heterocycles. The molecule has 0 amide bonds. The second kappa shape index (κ2) is 11.2. The molecular formula is C28H28F3N9. The second-order valence-corrected chi connectivity index (χ2v) is 10.7. The molecule has 0 saturated heterocycles. The topological polar surface area (TPSA) is 128 Å². The Kier molecular flexibility index (Phi) is 7.91. The summed E-state index contributed by atoms with van der Waals surface area (Å²) in [7, 11) is 0. The van der Waals surface area contributed by atoms with Crippen molar-refractivity contribution < 1.29 is 13.2 Å². The molecule has 0 unspecified atom stereocenters. The highest BCUT2D eigenvalue weighted by Crippen LogP contribution is 2.35. The van der Waals surface area contributed by atoms with Gasteiger partial charge >= 0.3 is 0 Å². The smallest absolute Gasteiger partial charge is 0.237 e. The van der Waals surface area contributed by atoms with Crippen LogP contribution in [0.25, 0.3) is 10.9 Å². The molecule has 3 heterocycles. The van der Waals surface area contributed by atoms with Gasteiger partial charge in [0.05, 0.1) is 28.4 Å². The molecule has 0 aliphatic carbocycles. The van der Waals surface area contributed by atoms with Crippen molar-refractivity contribution in [1.82, 2.24) is 25.0 Å². The molecule has 4 rings (SSSR count). The minimum atomic E-state index is -1.03. The number of alkyl halides is 1. The number of aryl methyl sites for hydroxylation is 1. The summed E-state index contributed by atoms with van der Waals surface area (Å²) in [6.45, 7) is 8.82. The van der Waals surface area contributed by atoms with Crippen molar-refractivity contribution >= 4 is 22.3 Å². The molecular weight excluding hydrogens is 519 g/mol. The zero-order valence-corrected chi connectivity index (χ0v) is 22.7. The average molecular weight is 548 g/mol. The number of nitrogens with zero attached hydrogens (tertiary/aromatic N) is 7. The fourth-order valence-corrected chi connectivity index (χ4v) is 4.22. The van der Waals surface area contributed by atoms with Gasteiger partial charge in [-0.1, -0.05) is 32.1 Å². The third-order valence-electron chi connectivity index (χ3n) is 6.30. The maximum absolute atomic E-state index is 15.5. The van der Waals surface area contributed by atoms with E-state index >= 15 is 4.39 Å². The number of rotatable bonds is 8. The Balaban J connectivity index is 1.90. The van der Waals surface area contributed by atoms with E-state index in [1.165, 1.54) is 19.2 Å². The van der Waals surface area contributed by atoms with Gasteiger partial charge < -0.3 is 10.6 Å². The largest absolute Gasteiger partial charge is 0.383 e. The van der Waals surface area contributed by atoms with Crippen LogP contribution in [-0.4, -0.2) is 38.2 Å². The Morgan fingerprint density at radius 2 is 1.82 bits per heavy atom. The number of hydrogen-bond acceptors (Lipinski definition) is 8. The van der Waals surface area contributed by atoms with Gasteiger partial charge in [-0.3, -0.25) is 4.98 Å². The lowest BCUT2D eigenvalue weighted by Gasteiger charge is -2.23. The van der Waals surface area contributed by atoms with Gasteiger partial charge in [0.1, 0.15) is 30.5 Å². The Bertz CT molecular complexity index is 1640. The average Bonchev–Trinajstić information content (AvgIpc) is 3.29. The molecule has 1 aromatic carbocycles. The predicted molar refractivity (Wildman–Crippen MR) is 144 cm³/mol. The van der Waals surface area contributed by atoms with Crippen molar-refractivity contribution in [2.45, 2.75) is 46.7 Å². The van der Waals surface area contributed by atoms with Gasteiger partial charge in [0.15, 0.2) is 0 Å². The molecule has 0 aliphatic rings. The predicted octanol–water partition coefficient (Wildman–Crippen LogP) is 5.74. The number of anilines is 2. The molecule has 2 atom stereocenters. The van der Waals surface area contributed by atoms with Crippen LogP contribution in [0, 0.1) is 46.9 Å². The van der Waals surface area contributed by atoms with E-state index in [4.69, 9.17) is 0 Å². The first kappa shape index (κ1) is 28.3. The van der Waals surface area contributed by atoms with Crippen LogP contribution in [-0.2, 0) is 0 Å². The summed E-state index contributed by atoms with van der Waals surface area (Å²) in [4.78, 5) is 8.21. The van der Waals surface area contributed by atoms with E-state index in [-0.39, 0.29) is 22.4 Å². The number of benzene rings is 1. The summed E-state index contributed by atoms with van der Waals surface area (Å²) >= 11 is 0. The van der Waals surface area contributed by atoms with Gasteiger partial charge in [0.2, 0.25) is 11.9 Å². The number of fused-ring (bicyclic) bond motifs is 1. The van der Waals surface area contributed by atoms with E-state index in [2.05, 4.69) is 43.1 Å². The van der Waals surface area contributed by atoms with Crippen LogP contribution in [0.5, 0.6) is 0 Å². The van der Waals surface area contributed by atoms with Crippen molar-refractivity contribution in [2.75, 3.05) is 23.9 Å². The van der Waals surface area contributed by atoms with Crippen LogP contribution >= 0.6 is 0 Å². The van der Waals surface area contributed by atoms with Gasteiger partial charge in [-0.05, 0) is 37.5 Å². The van der Waals surface area contributed by atoms with E-state index in [9.17, 15) is 19.3 Å².